The van der Waals surface area contributed by atoms with Crippen LogP contribution in [0.15, 0.2) is 60.7 Å². The smallest absolute Gasteiger partial charge is 0.0130 e. The van der Waals surface area contributed by atoms with E-state index in [0.717, 1.165) is 6.16 Å². The molecular formula is C14H15ClP. The Balaban J connectivity index is 2.49. The van der Waals surface area contributed by atoms with Gasteiger partial charge in [0.2, 0.25) is 0 Å². The van der Waals surface area contributed by atoms with Crippen molar-refractivity contribution in [2.45, 2.75) is 6.92 Å². The number of hydrogen-bond donors (Lipinski definition) is 0. The van der Waals surface area contributed by atoms with Gasteiger partial charge in [0.1, 0.15) is 0 Å². The van der Waals surface area contributed by atoms with E-state index in [2.05, 4.69) is 55.5 Å². The molecule has 2 aromatic rings. The van der Waals surface area contributed by atoms with Gasteiger partial charge in [-0.1, -0.05) is 78.8 Å². The minimum Gasteiger partial charge on any atom is -0.0922 e. The van der Waals surface area contributed by atoms with Gasteiger partial charge < -0.3 is 0 Å². The molecule has 2 rings (SSSR count). The summed E-state index contributed by atoms with van der Waals surface area (Å²) in [6.45, 7) is 0.485. The van der Waals surface area contributed by atoms with Crippen LogP contribution < -0.4 is 10.6 Å². The van der Waals surface area contributed by atoms with Gasteiger partial charge in [-0.2, -0.15) is 0 Å². The Kier molecular flexibility index (Phi) is 3.63. The fourth-order valence-electron chi connectivity index (χ4n) is 1.84. The molecule has 0 amide bonds. The van der Waals surface area contributed by atoms with E-state index in [4.69, 9.17) is 11.2 Å². The summed E-state index contributed by atoms with van der Waals surface area (Å²) in [5.74, 6) is 0. The summed E-state index contributed by atoms with van der Waals surface area (Å²) in [7, 11) is 0. The lowest BCUT2D eigenvalue weighted by molar-refractivity contribution is 1.50. The molecule has 0 aliphatic heterocycles. The lowest BCUT2D eigenvalue weighted by Gasteiger charge is -2.29. The highest BCUT2D eigenvalue weighted by Crippen LogP contribution is 2.60. The van der Waals surface area contributed by atoms with E-state index >= 15 is 0 Å². The minimum absolute atomic E-state index is 0.989. The molecule has 83 valence electrons. The summed E-state index contributed by atoms with van der Waals surface area (Å²) in [5.41, 5.74) is 0. The second-order valence-corrected chi connectivity index (χ2v) is 8.53. The largest absolute Gasteiger partial charge is 0.0922 e. The van der Waals surface area contributed by atoms with Gasteiger partial charge in [-0.25, -0.2) is 0 Å². The maximum Gasteiger partial charge on any atom is 0.0130 e. The Morgan fingerprint density at radius 1 is 0.812 bits per heavy atom. The first-order valence-corrected chi connectivity index (χ1v) is 8.34. The van der Waals surface area contributed by atoms with Gasteiger partial charge in [-0.05, 0) is 16.8 Å². The van der Waals surface area contributed by atoms with Crippen LogP contribution >= 0.6 is 17.9 Å². The van der Waals surface area contributed by atoms with Crippen LogP contribution in [0.5, 0.6) is 0 Å². The summed E-state index contributed by atoms with van der Waals surface area (Å²) < 4.78 is 0. The SMILES string of the molecule is CC[P](Cl)(c1ccccc1)c1ccccc1. The molecule has 0 atom stereocenters. The van der Waals surface area contributed by atoms with Crippen LogP contribution in [0.2, 0.25) is 0 Å². The van der Waals surface area contributed by atoms with Gasteiger partial charge >= 0.3 is 0 Å². The standard InChI is InChI=1S/C14H15ClP/c1-2-16(15,13-9-5-3-6-10-13)14-11-7-4-8-12-14/h3-12H,2H2,1H3. The van der Waals surface area contributed by atoms with E-state index in [0.29, 0.717) is 0 Å². The van der Waals surface area contributed by atoms with Gasteiger partial charge in [-0.3, -0.25) is 0 Å². The van der Waals surface area contributed by atoms with Crippen molar-refractivity contribution in [1.29, 1.82) is 0 Å². The van der Waals surface area contributed by atoms with Crippen molar-refractivity contribution in [3.63, 3.8) is 0 Å². The summed E-state index contributed by atoms with van der Waals surface area (Å²) in [5, 5.41) is 2.54. The minimum atomic E-state index is -1.68. The Hall–Kier alpha value is -0.840. The zero-order chi connectivity index (χ0) is 11.4. The van der Waals surface area contributed by atoms with Crippen molar-refractivity contribution < 1.29 is 0 Å². The topological polar surface area (TPSA) is 0 Å². The number of benzene rings is 2. The molecule has 0 aromatic heterocycles. The lowest BCUT2D eigenvalue weighted by Crippen LogP contribution is -2.19. The Morgan fingerprint density at radius 3 is 1.50 bits per heavy atom. The van der Waals surface area contributed by atoms with Crippen LogP contribution in [-0.4, -0.2) is 6.16 Å². The average molecular weight is 250 g/mol. The first-order chi connectivity index (χ1) is 7.77. The Morgan fingerprint density at radius 2 is 1.19 bits per heavy atom. The molecule has 0 saturated carbocycles. The highest BCUT2D eigenvalue weighted by molar-refractivity contribution is 8.09. The second kappa shape index (κ2) is 4.99. The fourth-order valence-corrected chi connectivity index (χ4v) is 4.84. The Bertz CT molecular complexity index is 399. The average Bonchev–Trinajstić information content (AvgIpc) is 2.40. The van der Waals surface area contributed by atoms with Crippen LogP contribution in [0.3, 0.4) is 0 Å². The van der Waals surface area contributed by atoms with Crippen molar-refractivity contribution >= 4 is 28.5 Å². The fraction of sp³-hybridized carbons (Fsp3) is 0.143. The molecule has 0 fully saturated rings. The van der Waals surface area contributed by atoms with Gasteiger partial charge in [-0.15, -0.1) is 0 Å². The predicted molar refractivity (Wildman–Crippen MR) is 75.5 cm³/mol. The normalized spacial score (nSPS) is 11.4. The van der Waals surface area contributed by atoms with Crippen LogP contribution in [0.25, 0.3) is 0 Å². The van der Waals surface area contributed by atoms with E-state index in [-0.39, 0.29) is 0 Å². The van der Waals surface area contributed by atoms with E-state index in [1.807, 2.05) is 12.1 Å². The van der Waals surface area contributed by atoms with Crippen molar-refractivity contribution in [1.82, 2.24) is 0 Å². The molecule has 1 radical (unpaired) electrons. The van der Waals surface area contributed by atoms with Gasteiger partial charge in [0.05, 0.1) is 0 Å². The molecule has 2 heteroatoms. The van der Waals surface area contributed by atoms with Crippen molar-refractivity contribution in [3.05, 3.63) is 60.7 Å². The van der Waals surface area contributed by atoms with E-state index in [9.17, 15) is 0 Å². The van der Waals surface area contributed by atoms with Crippen LogP contribution in [-0.2, 0) is 0 Å². The number of rotatable bonds is 3. The quantitative estimate of drug-likeness (QED) is 0.726. The number of hydrogen-bond acceptors (Lipinski definition) is 0. The van der Waals surface area contributed by atoms with Gasteiger partial charge in [0.25, 0.3) is 0 Å². The summed E-state index contributed by atoms with van der Waals surface area (Å²) >= 11 is 6.89. The second-order valence-electron chi connectivity index (χ2n) is 3.70. The summed E-state index contributed by atoms with van der Waals surface area (Å²) in [4.78, 5) is 0. The third-order valence-electron chi connectivity index (χ3n) is 2.77. The summed E-state index contributed by atoms with van der Waals surface area (Å²) in [6.07, 6.45) is 0.989. The third kappa shape index (κ3) is 2.14. The van der Waals surface area contributed by atoms with Crippen LogP contribution in [0, 0.1) is 0 Å². The van der Waals surface area contributed by atoms with Crippen LogP contribution in [0.4, 0.5) is 0 Å². The molecule has 0 spiro atoms. The number of halogens is 1. The molecule has 0 bridgehead atoms. The zero-order valence-electron chi connectivity index (χ0n) is 9.31. The van der Waals surface area contributed by atoms with Gasteiger partial charge in [0, 0.05) is 6.62 Å². The molecule has 2 aromatic carbocycles. The molecule has 0 aliphatic rings. The molecule has 0 saturated heterocycles. The third-order valence-corrected chi connectivity index (χ3v) is 7.76. The predicted octanol–water partition coefficient (Wildman–Crippen LogP) is 3.83. The maximum atomic E-state index is 6.89. The van der Waals surface area contributed by atoms with Crippen molar-refractivity contribution in [3.8, 4) is 0 Å². The molecule has 16 heavy (non-hydrogen) atoms. The van der Waals surface area contributed by atoms with Crippen molar-refractivity contribution in [2.24, 2.45) is 0 Å². The van der Waals surface area contributed by atoms with Gasteiger partial charge in [0.15, 0.2) is 0 Å². The van der Waals surface area contributed by atoms with Crippen molar-refractivity contribution in [2.75, 3.05) is 6.16 Å². The lowest BCUT2D eigenvalue weighted by atomic mass is 10.4. The molecule has 0 N–H and O–H groups in total. The summed E-state index contributed by atoms with van der Waals surface area (Å²) in [6, 6.07) is 20.9. The highest BCUT2D eigenvalue weighted by atomic mass is 35.7. The first-order valence-electron chi connectivity index (χ1n) is 5.46. The maximum absolute atomic E-state index is 6.89. The van der Waals surface area contributed by atoms with E-state index < -0.39 is 6.62 Å². The highest BCUT2D eigenvalue weighted by Gasteiger charge is 2.26. The first kappa shape index (κ1) is 11.6. The molecule has 0 heterocycles. The monoisotopic (exact) mass is 249 g/mol. The molecule has 0 nitrogen and oxygen atoms in total. The zero-order valence-corrected chi connectivity index (χ0v) is 11.0. The Labute approximate surface area is 102 Å². The van der Waals surface area contributed by atoms with E-state index in [1.165, 1.54) is 10.6 Å². The molecule has 0 unspecified atom stereocenters. The van der Waals surface area contributed by atoms with Crippen LogP contribution in [0.1, 0.15) is 6.92 Å². The molecule has 0 aliphatic carbocycles. The molecular weight excluding hydrogens is 235 g/mol. The van der Waals surface area contributed by atoms with E-state index in [1.54, 1.807) is 0 Å².